The van der Waals surface area contributed by atoms with E-state index in [1.54, 1.807) is 0 Å². The first kappa shape index (κ1) is 15.8. The molecule has 0 radical (unpaired) electrons. The molecule has 4 heteroatoms. The number of aryl methyl sites for hydroxylation is 1. The van der Waals surface area contributed by atoms with E-state index in [9.17, 15) is 4.79 Å². The van der Waals surface area contributed by atoms with Crippen LogP contribution in [-0.2, 0) is 28.8 Å². The summed E-state index contributed by atoms with van der Waals surface area (Å²) in [5.41, 5.74) is 10.0. The average molecular weight is 291 g/mol. The maximum absolute atomic E-state index is 11.4. The van der Waals surface area contributed by atoms with Gasteiger partial charge in [-0.15, -0.1) is 0 Å². The molecule has 4 nitrogen and oxygen atoms in total. The van der Waals surface area contributed by atoms with Gasteiger partial charge in [0.1, 0.15) is 5.75 Å². The van der Waals surface area contributed by atoms with Gasteiger partial charge in [-0.2, -0.15) is 0 Å². The number of hydrogen-bond acceptors (Lipinski definition) is 4. The SMILES string of the molecule is CCOC(=O)CCCc1cc(OCC)cc2c1CC(N)C2. The van der Waals surface area contributed by atoms with Gasteiger partial charge in [-0.25, -0.2) is 0 Å². The lowest BCUT2D eigenvalue weighted by molar-refractivity contribution is -0.143. The zero-order valence-corrected chi connectivity index (χ0v) is 13.0. The highest BCUT2D eigenvalue weighted by Crippen LogP contribution is 2.30. The Labute approximate surface area is 126 Å². The summed E-state index contributed by atoms with van der Waals surface area (Å²) >= 11 is 0. The molecule has 0 saturated heterocycles. The number of carbonyl (C=O) groups is 1. The molecule has 1 aliphatic rings. The first-order valence-corrected chi connectivity index (χ1v) is 7.82. The Hall–Kier alpha value is -1.55. The Balaban J connectivity index is 2.05. The average Bonchev–Trinajstić information content (AvgIpc) is 2.80. The molecule has 0 saturated carbocycles. The highest BCUT2D eigenvalue weighted by Gasteiger charge is 2.22. The van der Waals surface area contributed by atoms with Gasteiger partial charge in [0.25, 0.3) is 0 Å². The third kappa shape index (κ3) is 4.21. The fourth-order valence-electron chi connectivity index (χ4n) is 2.96. The zero-order valence-electron chi connectivity index (χ0n) is 13.0. The van der Waals surface area contributed by atoms with Crippen molar-refractivity contribution in [3.05, 3.63) is 28.8 Å². The van der Waals surface area contributed by atoms with Crippen molar-refractivity contribution < 1.29 is 14.3 Å². The second-order valence-corrected chi connectivity index (χ2v) is 5.48. The molecule has 116 valence electrons. The number of rotatable bonds is 7. The predicted octanol–water partition coefficient (Wildman–Crippen LogP) is 2.40. The molecule has 0 fully saturated rings. The second kappa shape index (κ2) is 7.46. The quantitative estimate of drug-likeness (QED) is 0.784. The number of benzene rings is 1. The number of hydrogen-bond donors (Lipinski definition) is 1. The van der Waals surface area contributed by atoms with Gasteiger partial charge in [-0.1, -0.05) is 0 Å². The van der Waals surface area contributed by atoms with Gasteiger partial charge in [-0.3, -0.25) is 4.79 Å². The first-order valence-electron chi connectivity index (χ1n) is 7.82. The maximum Gasteiger partial charge on any atom is 0.305 e. The largest absolute Gasteiger partial charge is 0.494 e. The van der Waals surface area contributed by atoms with Crippen LogP contribution in [0.5, 0.6) is 5.75 Å². The van der Waals surface area contributed by atoms with E-state index in [0.29, 0.717) is 19.6 Å². The van der Waals surface area contributed by atoms with Crippen molar-refractivity contribution in [2.75, 3.05) is 13.2 Å². The van der Waals surface area contributed by atoms with E-state index in [1.807, 2.05) is 13.8 Å². The fourth-order valence-corrected chi connectivity index (χ4v) is 2.96. The standard InChI is InChI=1S/C17H25NO3/c1-3-20-15-9-12(6-5-7-17(19)21-4-2)16-11-14(18)8-13(16)10-15/h9-10,14H,3-8,11,18H2,1-2H3. The smallest absolute Gasteiger partial charge is 0.305 e. The van der Waals surface area contributed by atoms with Gasteiger partial charge in [0, 0.05) is 12.5 Å². The Bertz CT molecular complexity index is 499. The van der Waals surface area contributed by atoms with Crippen LogP contribution in [0, 0.1) is 0 Å². The molecule has 0 aromatic heterocycles. The van der Waals surface area contributed by atoms with Gasteiger partial charge in [0.15, 0.2) is 0 Å². The molecule has 2 rings (SSSR count). The van der Waals surface area contributed by atoms with Crippen molar-refractivity contribution in [1.82, 2.24) is 0 Å². The van der Waals surface area contributed by atoms with Crippen molar-refractivity contribution in [3.8, 4) is 5.75 Å². The maximum atomic E-state index is 11.4. The molecule has 0 heterocycles. The fraction of sp³-hybridized carbons (Fsp3) is 0.588. The molecule has 21 heavy (non-hydrogen) atoms. The number of fused-ring (bicyclic) bond motifs is 1. The lowest BCUT2D eigenvalue weighted by Gasteiger charge is -2.12. The number of ether oxygens (including phenoxy) is 2. The third-order valence-electron chi connectivity index (χ3n) is 3.80. The van der Waals surface area contributed by atoms with Crippen LogP contribution < -0.4 is 10.5 Å². The molecule has 0 amide bonds. The van der Waals surface area contributed by atoms with Gasteiger partial charge in [0.2, 0.25) is 0 Å². The van der Waals surface area contributed by atoms with Crippen LogP contribution in [0.15, 0.2) is 12.1 Å². The molecule has 1 aromatic carbocycles. The monoisotopic (exact) mass is 291 g/mol. The van der Waals surface area contributed by atoms with Gasteiger partial charge in [0.05, 0.1) is 13.2 Å². The summed E-state index contributed by atoms with van der Waals surface area (Å²) in [4.78, 5) is 11.4. The van der Waals surface area contributed by atoms with Crippen LogP contribution in [0.25, 0.3) is 0 Å². The van der Waals surface area contributed by atoms with Crippen LogP contribution in [0.1, 0.15) is 43.4 Å². The molecule has 1 atom stereocenters. The first-order chi connectivity index (χ1) is 10.1. The second-order valence-electron chi connectivity index (χ2n) is 5.48. The summed E-state index contributed by atoms with van der Waals surface area (Å²) in [6, 6.07) is 4.42. The summed E-state index contributed by atoms with van der Waals surface area (Å²) in [6.45, 7) is 4.92. The van der Waals surface area contributed by atoms with Crippen molar-refractivity contribution in [3.63, 3.8) is 0 Å². The lowest BCUT2D eigenvalue weighted by Crippen LogP contribution is -2.19. The lowest BCUT2D eigenvalue weighted by atomic mass is 9.98. The molecule has 0 bridgehead atoms. The highest BCUT2D eigenvalue weighted by atomic mass is 16.5. The molecule has 1 unspecified atom stereocenters. The van der Waals surface area contributed by atoms with E-state index < -0.39 is 0 Å². The zero-order chi connectivity index (χ0) is 15.2. The minimum atomic E-state index is -0.119. The van der Waals surface area contributed by atoms with Crippen LogP contribution in [0.4, 0.5) is 0 Å². The molecule has 0 aliphatic heterocycles. The van der Waals surface area contributed by atoms with Crippen LogP contribution in [-0.4, -0.2) is 25.2 Å². The predicted molar refractivity (Wildman–Crippen MR) is 82.6 cm³/mol. The van der Waals surface area contributed by atoms with Crippen LogP contribution >= 0.6 is 0 Å². The Morgan fingerprint density at radius 2 is 2.10 bits per heavy atom. The summed E-state index contributed by atoms with van der Waals surface area (Å²) in [5.74, 6) is 0.795. The Morgan fingerprint density at radius 3 is 2.81 bits per heavy atom. The number of nitrogens with two attached hydrogens (primary N) is 1. The van der Waals surface area contributed by atoms with E-state index >= 15 is 0 Å². The number of esters is 1. The molecular formula is C17H25NO3. The third-order valence-corrected chi connectivity index (χ3v) is 3.80. The van der Waals surface area contributed by atoms with Crippen LogP contribution in [0.2, 0.25) is 0 Å². The summed E-state index contributed by atoms with van der Waals surface area (Å²) in [7, 11) is 0. The summed E-state index contributed by atoms with van der Waals surface area (Å²) in [6.07, 6.45) is 3.98. The molecule has 0 spiro atoms. The summed E-state index contributed by atoms with van der Waals surface area (Å²) < 4.78 is 10.6. The van der Waals surface area contributed by atoms with E-state index in [2.05, 4.69) is 12.1 Å². The van der Waals surface area contributed by atoms with E-state index in [-0.39, 0.29) is 12.0 Å². The van der Waals surface area contributed by atoms with Gasteiger partial charge in [-0.05, 0) is 68.4 Å². The molecule has 2 N–H and O–H groups in total. The normalized spacial score (nSPS) is 16.6. The number of carbonyl (C=O) groups excluding carboxylic acids is 1. The Morgan fingerprint density at radius 1 is 1.29 bits per heavy atom. The van der Waals surface area contributed by atoms with Crippen molar-refractivity contribution >= 4 is 5.97 Å². The molecule has 1 aliphatic carbocycles. The van der Waals surface area contributed by atoms with Gasteiger partial charge < -0.3 is 15.2 Å². The Kier molecular flexibility index (Phi) is 5.62. The van der Waals surface area contributed by atoms with Crippen molar-refractivity contribution in [2.45, 2.75) is 52.0 Å². The minimum Gasteiger partial charge on any atom is -0.494 e. The van der Waals surface area contributed by atoms with Crippen molar-refractivity contribution in [2.24, 2.45) is 5.73 Å². The topological polar surface area (TPSA) is 61.5 Å². The molecule has 1 aromatic rings. The highest BCUT2D eigenvalue weighted by molar-refractivity contribution is 5.69. The van der Waals surface area contributed by atoms with Crippen LogP contribution in [0.3, 0.4) is 0 Å². The van der Waals surface area contributed by atoms with E-state index in [0.717, 1.165) is 31.4 Å². The molecular weight excluding hydrogens is 266 g/mol. The van der Waals surface area contributed by atoms with E-state index in [1.165, 1.54) is 16.7 Å². The van der Waals surface area contributed by atoms with Crippen molar-refractivity contribution in [1.29, 1.82) is 0 Å². The van der Waals surface area contributed by atoms with E-state index in [4.69, 9.17) is 15.2 Å². The summed E-state index contributed by atoms with van der Waals surface area (Å²) in [5, 5.41) is 0. The minimum absolute atomic E-state index is 0.119. The van der Waals surface area contributed by atoms with Gasteiger partial charge >= 0.3 is 5.97 Å².